The molecule has 2 heterocycles. The number of aliphatic imine (C=N–C) groups is 1. The van der Waals surface area contributed by atoms with Crippen LogP contribution in [-0.2, 0) is 4.74 Å². The average molecular weight is 226 g/mol. The van der Waals surface area contributed by atoms with E-state index >= 15 is 0 Å². The van der Waals surface area contributed by atoms with E-state index < -0.39 is 0 Å². The molecule has 0 aliphatic carbocycles. The second-order valence-corrected chi connectivity index (χ2v) is 4.51. The minimum absolute atomic E-state index is 0.542. The van der Waals surface area contributed by atoms with Crippen LogP contribution in [0.25, 0.3) is 0 Å². The molecule has 1 atom stereocenters. The Morgan fingerprint density at radius 2 is 2.12 bits per heavy atom. The molecule has 1 fully saturated rings. The Morgan fingerprint density at radius 3 is 2.75 bits per heavy atom. The van der Waals surface area contributed by atoms with Gasteiger partial charge in [0.1, 0.15) is 0 Å². The largest absolute Gasteiger partial charge is 0.379 e. The van der Waals surface area contributed by atoms with Crippen molar-refractivity contribution in [3.8, 4) is 0 Å². The van der Waals surface area contributed by atoms with Crippen molar-refractivity contribution in [1.29, 1.82) is 0 Å². The maximum absolute atomic E-state index is 5.35. The molecule has 1 N–H and O–H groups in total. The number of nitrogens with one attached hydrogen (secondary N) is 1. The van der Waals surface area contributed by atoms with Crippen LogP contribution in [0.5, 0.6) is 0 Å². The van der Waals surface area contributed by atoms with Crippen molar-refractivity contribution in [3.63, 3.8) is 0 Å². The van der Waals surface area contributed by atoms with Gasteiger partial charge in [-0.05, 0) is 6.92 Å². The summed E-state index contributed by atoms with van der Waals surface area (Å²) >= 11 is 0. The second kappa shape index (κ2) is 5.50. The Balaban J connectivity index is 1.72. The van der Waals surface area contributed by atoms with Gasteiger partial charge in [-0.2, -0.15) is 0 Å². The monoisotopic (exact) mass is 226 g/mol. The molecule has 0 spiro atoms. The van der Waals surface area contributed by atoms with Crippen LogP contribution in [0.1, 0.15) is 6.92 Å². The van der Waals surface area contributed by atoms with E-state index in [0.717, 1.165) is 51.9 Å². The van der Waals surface area contributed by atoms with E-state index in [1.165, 1.54) is 0 Å². The molecule has 2 rings (SSSR count). The Kier molecular flexibility index (Phi) is 4.01. The molecule has 0 aromatic rings. The summed E-state index contributed by atoms with van der Waals surface area (Å²) in [5, 5.41) is 3.42. The van der Waals surface area contributed by atoms with Crippen LogP contribution in [0.3, 0.4) is 0 Å². The average Bonchev–Trinajstić information content (AvgIpc) is 2.73. The highest BCUT2D eigenvalue weighted by atomic mass is 16.5. The predicted octanol–water partition coefficient (Wildman–Crippen LogP) is -0.402. The number of ether oxygens (including phenoxy) is 1. The molecule has 5 nitrogen and oxygen atoms in total. The summed E-state index contributed by atoms with van der Waals surface area (Å²) in [5.74, 6) is 1.04. The van der Waals surface area contributed by atoms with Crippen LogP contribution < -0.4 is 5.32 Å². The Hall–Kier alpha value is -0.810. The van der Waals surface area contributed by atoms with Crippen LogP contribution >= 0.6 is 0 Å². The first-order valence-electron chi connectivity index (χ1n) is 6.08. The molecule has 5 heteroatoms. The van der Waals surface area contributed by atoms with E-state index in [9.17, 15) is 0 Å². The maximum Gasteiger partial charge on any atom is 0.193 e. The van der Waals surface area contributed by atoms with Crippen molar-refractivity contribution in [3.05, 3.63) is 0 Å². The van der Waals surface area contributed by atoms with Gasteiger partial charge in [0.15, 0.2) is 5.96 Å². The summed E-state index contributed by atoms with van der Waals surface area (Å²) in [6.45, 7) is 9.00. The molecule has 1 saturated heterocycles. The number of rotatable bonds is 3. The molecular weight excluding hydrogens is 204 g/mol. The molecule has 1 unspecified atom stereocenters. The van der Waals surface area contributed by atoms with E-state index in [2.05, 4.69) is 34.1 Å². The third-order valence-electron chi connectivity index (χ3n) is 3.28. The van der Waals surface area contributed by atoms with Crippen molar-refractivity contribution in [2.45, 2.75) is 13.0 Å². The van der Waals surface area contributed by atoms with Crippen molar-refractivity contribution >= 4 is 5.96 Å². The first-order valence-corrected chi connectivity index (χ1v) is 6.08. The number of hydrogen-bond acceptors (Lipinski definition) is 5. The Bertz CT molecular complexity index is 250. The zero-order valence-corrected chi connectivity index (χ0v) is 10.3. The fourth-order valence-corrected chi connectivity index (χ4v) is 2.11. The Labute approximate surface area is 97.5 Å². The van der Waals surface area contributed by atoms with Gasteiger partial charge in [0, 0.05) is 39.3 Å². The van der Waals surface area contributed by atoms with E-state index in [4.69, 9.17) is 4.74 Å². The van der Waals surface area contributed by atoms with Gasteiger partial charge in [-0.15, -0.1) is 0 Å². The molecular formula is C11H22N4O. The van der Waals surface area contributed by atoms with Gasteiger partial charge in [-0.3, -0.25) is 9.89 Å². The molecule has 16 heavy (non-hydrogen) atoms. The quantitative estimate of drug-likeness (QED) is 0.711. The first kappa shape index (κ1) is 11.7. The lowest BCUT2D eigenvalue weighted by atomic mass is 10.2. The minimum atomic E-state index is 0.542. The minimum Gasteiger partial charge on any atom is -0.379 e. The normalized spacial score (nSPS) is 24.4. The van der Waals surface area contributed by atoms with Gasteiger partial charge in [-0.25, -0.2) is 0 Å². The fourth-order valence-electron chi connectivity index (χ4n) is 2.11. The SMILES string of the molecule is CC(CNC1=NCCN1C)N1CCOCC1. The smallest absolute Gasteiger partial charge is 0.193 e. The van der Waals surface area contributed by atoms with Gasteiger partial charge in [-0.1, -0.05) is 0 Å². The molecule has 0 aromatic carbocycles. The summed E-state index contributed by atoms with van der Waals surface area (Å²) in [7, 11) is 2.08. The van der Waals surface area contributed by atoms with Crippen LogP contribution in [-0.4, -0.2) is 74.8 Å². The molecule has 0 radical (unpaired) electrons. The summed E-state index contributed by atoms with van der Waals surface area (Å²) < 4.78 is 5.35. The van der Waals surface area contributed by atoms with E-state index in [-0.39, 0.29) is 0 Å². The highest BCUT2D eigenvalue weighted by Gasteiger charge is 2.18. The van der Waals surface area contributed by atoms with Gasteiger partial charge in [0.05, 0.1) is 19.8 Å². The molecule has 92 valence electrons. The van der Waals surface area contributed by atoms with Crippen LogP contribution in [0.4, 0.5) is 0 Å². The van der Waals surface area contributed by atoms with Crippen molar-refractivity contribution in [2.24, 2.45) is 4.99 Å². The maximum atomic E-state index is 5.35. The highest BCUT2D eigenvalue weighted by Crippen LogP contribution is 2.03. The number of nitrogens with zero attached hydrogens (tertiary/aromatic N) is 3. The molecule has 2 aliphatic heterocycles. The number of likely N-dealkylation sites (N-methyl/N-ethyl adjacent to an activating group) is 1. The van der Waals surface area contributed by atoms with Crippen LogP contribution in [0.15, 0.2) is 4.99 Å². The van der Waals surface area contributed by atoms with Gasteiger partial charge < -0.3 is 15.0 Å². The molecule has 0 saturated carbocycles. The molecule has 2 aliphatic rings. The molecule has 0 bridgehead atoms. The fraction of sp³-hybridized carbons (Fsp3) is 0.909. The predicted molar refractivity (Wildman–Crippen MR) is 64.8 cm³/mol. The summed E-state index contributed by atoms with van der Waals surface area (Å²) in [5.41, 5.74) is 0. The number of hydrogen-bond donors (Lipinski definition) is 1. The number of guanidine groups is 1. The van der Waals surface area contributed by atoms with Crippen LogP contribution in [0, 0.1) is 0 Å². The summed E-state index contributed by atoms with van der Waals surface area (Å²) in [6, 6.07) is 0.542. The van der Waals surface area contributed by atoms with Crippen molar-refractivity contribution < 1.29 is 4.74 Å². The van der Waals surface area contributed by atoms with E-state index in [1.807, 2.05) is 0 Å². The summed E-state index contributed by atoms with van der Waals surface area (Å²) in [4.78, 5) is 9.06. The van der Waals surface area contributed by atoms with E-state index in [1.54, 1.807) is 0 Å². The topological polar surface area (TPSA) is 40.1 Å². The molecule has 0 amide bonds. The van der Waals surface area contributed by atoms with Gasteiger partial charge in [0.25, 0.3) is 0 Å². The Morgan fingerprint density at radius 1 is 1.38 bits per heavy atom. The first-order chi connectivity index (χ1) is 7.77. The number of morpholine rings is 1. The summed E-state index contributed by atoms with van der Waals surface area (Å²) in [6.07, 6.45) is 0. The lowest BCUT2D eigenvalue weighted by molar-refractivity contribution is 0.0211. The van der Waals surface area contributed by atoms with Gasteiger partial charge in [0.2, 0.25) is 0 Å². The zero-order valence-electron chi connectivity index (χ0n) is 10.3. The standard InChI is InChI=1S/C11H22N4O/c1-10(15-5-7-16-8-6-15)9-13-11-12-3-4-14(11)2/h10H,3-9H2,1-2H3,(H,12,13). The molecule has 0 aromatic heterocycles. The third-order valence-corrected chi connectivity index (χ3v) is 3.28. The van der Waals surface area contributed by atoms with Crippen molar-refractivity contribution in [1.82, 2.24) is 15.1 Å². The van der Waals surface area contributed by atoms with Crippen LogP contribution in [0.2, 0.25) is 0 Å². The third kappa shape index (κ3) is 2.86. The second-order valence-electron chi connectivity index (χ2n) is 4.51. The van der Waals surface area contributed by atoms with Gasteiger partial charge >= 0.3 is 0 Å². The van der Waals surface area contributed by atoms with Crippen molar-refractivity contribution in [2.75, 3.05) is 53.0 Å². The lowest BCUT2D eigenvalue weighted by Crippen LogP contribution is -2.48. The highest BCUT2D eigenvalue weighted by molar-refractivity contribution is 5.81. The van der Waals surface area contributed by atoms with E-state index in [0.29, 0.717) is 6.04 Å². The zero-order chi connectivity index (χ0) is 11.4. The lowest BCUT2D eigenvalue weighted by Gasteiger charge is -2.32.